The van der Waals surface area contributed by atoms with Crippen molar-refractivity contribution in [2.45, 2.75) is 89.2 Å². The molecule has 2 aliphatic heterocycles. The van der Waals surface area contributed by atoms with Crippen molar-refractivity contribution in [3.63, 3.8) is 0 Å². The van der Waals surface area contributed by atoms with Gasteiger partial charge in [-0.25, -0.2) is 8.42 Å². The fraction of sp³-hybridized carbons (Fsp3) is 0.727. The normalized spacial score (nSPS) is 26.1. The van der Waals surface area contributed by atoms with Crippen molar-refractivity contribution in [1.29, 1.82) is 0 Å². The summed E-state index contributed by atoms with van der Waals surface area (Å²) in [5, 5.41) is 13.0. The lowest BCUT2D eigenvalue weighted by atomic mass is 9.82. The number of hydrogen-bond acceptors (Lipinski definition) is 6. The molecule has 0 unspecified atom stereocenters. The lowest BCUT2D eigenvalue weighted by Crippen LogP contribution is -2.59. The molecule has 1 aromatic rings. The van der Waals surface area contributed by atoms with Crippen molar-refractivity contribution >= 4 is 15.7 Å². The highest BCUT2D eigenvalue weighted by Crippen LogP contribution is 2.41. The van der Waals surface area contributed by atoms with Crippen LogP contribution in [0.25, 0.3) is 0 Å². The Morgan fingerprint density at radius 1 is 1.06 bits per heavy atom. The quantitative estimate of drug-likeness (QED) is 0.469. The molecule has 174 valence electrons. The highest BCUT2D eigenvalue weighted by Gasteiger charge is 2.47. The second-order valence-corrected chi connectivity index (χ2v) is 12.8. The Hall–Kier alpha value is -1.55. The van der Waals surface area contributed by atoms with Crippen LogP contribution < -0.4 is 0 Å². The molecule has 3 rings (SSSR count). The first kappa shape index (κ1) is 24.1. The molecule has 1 atom stereocenters. The summed E-state index contributed by atoms with van der Waals surface area (Å²) in [5.74, 6) is 0. The van der Waals surface area contributed by atoms with Gasteiger partial charge in [-0.1, -0.05) is 13.8 Å². The highest BCUT2D eigenvalue weighted by molar-refractivity contribution is 7.89. The van der Waals surface area contributed by atoms with Crippen LogP contribution in [0.15, 0.2) is 29.2 Å². The Bertz CT molecular complexity index is 909. The molecule has 0 amide bonds. The largest absolute Gasteiger partial charge is 0.296 e. The van der Waals surface area contributed by atoms with Crippen LogP contribution >= 0.6 is 0 Å². The fourth-order valence-electron chi connectivity index (χ4n) is 5.14. The van der Waals surface area contributed by atoms with E-state index in [9.17, 15) is 18.5 Å². The first-order valence-corrected chi connectivity index (χ1v) is 12.3. The van der Waals surface area contributed by atoms with Crippen LogP contribution in [0.1, 0.15) is 67.2 Å². The number of rotatable bonds is 6. The van der Waals surface area contributed by atoms with Gasteiger partial charge in [0.15, 0.2) is 0 Å². The molecule has 0 radical (unpaired) electrons. The average Bonchev–Trinajstić information content (AvgIpc) is 2.95. The zero-order valence-electron chi connectivity index (χ0n) is 19.4. The number of non-ortho nitro benzene ring substituents is 1. The first-order chi connectivity index (χ1) is 14.2. The zero-order chi connectivity index (χ0) is 23.2. The maximum absolute atomic E-state index is 13.4. The van der Waals surface area contributed by atoms with E-state index in [1.165, 1.54) is 28.6 Å². The van der Waals surface area contributed by atoms with Gasteiger partial charge in [0.1, 0.15) is 0 Å². The van der Waals surface area contributed by atoms with Gasteiger partial charge < -0.3 is 0 Å². The summed E-state index contributed by atoms with van der Waals surface area (Å²) in [6.07, 6.45) is 3.87. The summed E-state index contributed by atoms with van der Waals surface area (Å²) < 4.78 is 28.3. The lowest BCUT2D eigenvalue weighted by molar-refractivity contribution is -0.384. The monoisotopic (exact) mass is 453 g/mol. The van der Waals surface area contributed by atoms with E-state index in [0.29, 0.717) is 13.0 Å². The number of nitrogens with zero attached hydrogens (tertiary/aromatic N) is 3. The predicted octanol–water partition coefficient (Wildman–Crippen LogP) is 4.36. The number of hydroxylamine groups is 2. The van der Waals surface area contributed by atoms with Crippen molar-refractivity contribution in [1.82, 2.24) is 9.37 Å². The van der Waals surface area contributed by atoms with E-state index in [4.69, 9.17) is 4.84 Å². The minimum atomic E-state index is -3.80. The van der Waals surface area contributed by atoms with Crippen LogP contribution in [0.4, 0.5) is 5.69 Å². The molecule has 0 bridgehead atoms. The van der Waals surface area contributed by atoms with Crippen LogP contribution in [-0.2, 0) is 14.9 Å². The van der Waals surface area contributed by atoms with E-state index in [0.717, 1.165) is 19.3 Å². The lowest BCUT2D eigenvalue weighted by Gasteiger charge is -2.51. The van der Waals surface area contributed by atoms with Gasteiger partial charge in [-0.15, -0.1) is 0 Å². The Balaban J connectivity index is 1.83. The van der Waals surface area contributed by atoms with Crippen molar-refractivity contribution < 1.29 is 18.2 Å². The second-order valence-electron chi connectivity index (χ2n) is 10.9. The third-order valence-electron chi connectivity index (χ3n) is 6.51. The Kier molecular flexibility index (Phi) is 6.30. The SMILES string of the molecule is CC1(C)C[C@@H](CON2C(C)(C)CCCC2(C)C)N(S(=O)(=O)c2ccc([N+](=O)[O-])cc2)C1. The molecule has 2 fully saturated rings. The predicted molar refractivity (Wildman–Crippen MR) is 119 cm³/mol. The van der Waals surface area contributed by atoms with E-state index in [1.54, 1.807) is 0 Å². The molecule has 0 N–H and O–H groups in total. The van der Waals surface area contributed by atoms with Crippen LogP contribution in [0.5, 0.6) is 0 Å². The molecule has 0 saturated carbocycles. The molecule has 9 heteroatoms. The molecular weight excluding hydrogens is 418 g/mol. The molecule has 0 aliphatic carbocycles. The number of hydrogen-bond donors (Lipinski definition) is 0. The number of sulfonamides is 1. The third-order valence-corrected chi connectivity index (χ3v) is 8.42. The van der Waals surface area contributed by atoms with E-state index in [-0.39, 0.29) is 39.7 Å². The third kappa shape index (κ3) is 4.94. The molecule has 2 saturated heterocycles. The molecule has 2 heterocycles. The van der Waals surface area contributed by atoms with Gasteiger partial charge in [0.2, 0.25) is 10.0 Å². The molecule has 0 spiro atoms. The molecule has 1 aromatic carbocycles. The Morgan fingerprint density at radius 3 is 2.13 bits per heavy atom. The fourth-order valence-corrected chi connectivity index (χ4v) is 6.94. The Labute approximate surface area is 185 Å². The van der Waals surface area contributed by atoms with E-state index in [2.05, 4.69) is 46.6 Å². The minimum absolute atomic E-state index is 0.0689. The van der Waals surface area contributed by atoms with Crippen LogP contribution in [0, 0.1) is 15.5 Å². The molecule has 0 aromatic heterocycles. The van der Waals surface area contributed by atoms with Gasteiger partial charge in [-0.05, 0) is 70.9 Å². The molecule has 2 aliphatic rings. The number of benzene rings is 1. The minimum Gasteiger partial charge on any atom is -0.296 e. The van der Waals surface area contributed by atoms with E-state index < -0.39 is 14.9 Å². The van der Waals surface area contributed by atoms with E-state index in [1.807, 2.05) is 0 Å². The van der Waals surface area contributed by atoms with Crippen molar-refractivity contribution in [3.05, 3.63) is 34.4 Å². The van der Waals surface area contributed by atoms with Crippen LogP contribution in [0.3, 0.4) is 0 Å². The number of piperidine rings is 1. The van der Waals surface area contributed by atoms with Crippen molar-refractivity contribution in [2.75, 3.05) is 13.2 Å². The molecule has 31 heavy (non-hydrogen) atoms. The van der Waals surface area contributed by atoms with Gasteiger partial charge >= 0.3 is 0 Å². The van der Waals surface area contributed by atoms with Crippen molar-refractivity contribution in [3.8, 4) is 0 Å². The second kappa shape index (κ2) is 8.10. The topological polar surface area (TPSA) is 93.0 Å². The summed E-state index contributed by atoms with van der Waals surface area (Å²) in [5.41, 5.74) is -0.569. The molecular formula is C22H35N3O5S. The van der Waals surface area contributed by atoms with Crippen LogP contribution in [-0.4, -0.2) is 53.0 Å². The van der Waals surface area contributed by atoms with Gasteiger partial charge in [0.25, 0.3) is 5.69 Å². The van der Waals surface area contributed by atoms with Gasteiger partial charge in [-0.2, -0.15) is 9.37 Å². The zero-order valence-corrected chi connectivity index (χ0v) is 20.2. The molecule has 8 nitrogen and oxygen atoms in total. The Morgan fingerprint density at radius 2 is 1.61 bits per heavy atom. The smallest absolute Gasteiger partial charge is 0.269 e. The maximum Gasteiger partial charge on any atom is 0.269 e. The summed E-state index contributed by atoms with van der Waals surface area (Å²) in [4.78, 5) is 16.8. The summed E-state index contributed by atoms with van der Waals surface area (Å²) in [6, 6.07) is 4.79. The first-order valence-electron chi connectivity index (χ1n) is 10.9. The van der Waals surface area contributed by atoms with Gasteiger partial charge in [0, 0.05) is 29.8 Å². The summed E-state index contributed by atoms with van der Waals surface area (Å²) >= 11 is 0. The van der Waals surface area contributed by atoms with Crippen LogP contribution in [0.2, 0.25) is 0 Å². The highest BCUT2D eigenvalue weighted by atomic mass is 32.2. The van der Waals surface area contributed by atoms with E-state index >= 15 is 0 Å². The maximum atomic E-state index is 13.4. The summed E-state index contributed by atoms with van der Waals surface area (Å²) in [7, 11) is -3.80. The number of nitro benzene ring substituents is 1. The number of nitro groups is 1. The average molecular weight is 454 g/mol. The summed E-state index contributed by atoms with van der Waals surface area (Å²) in [6.45, 7) is 13.4. The van der Waals surface area contributed by atoms with Gasteiger partial charge in [-0.3, -0.25) is 15.0 Å². The van der Waals surface area contributed by atoms with Crippen molar-refractivity contribution in [2.24, 2.45) is 5.41 Å². The van der Waals surface area contributed by atoms with Gasteiger partial charge in [0.05, 0.1) is 22.5 Å². The standard InChI is InChI=1S/C22H35N3O5S/c1-20(2)14-18(15-30-25-21(3,4)12-7-13-22(25,5)6)23(16-20)31(28,29)19-10-8-17(9-11-19)24(26)27/h8-11,18H,7,12-16H2,1-6H3/t18-/m0/s1.